The fraction of sp³-hybridized carbons (Fsp3) is 0.167. The zero-order chi connectivity index (χ0) is 20.5. The number of hydrogen-bond acceptors (Lipinski definition) is 4. The molecule has 3 aromatic rings. The molecule has 0 unspecified atom stereocenters. The second kappa shape index (κ2) is 7.40. The van der Waals surface area contributed by atoms with Gasteiger partial charge in [0.1, 0.15) is 12.4 Å². The number of tetrazole rings is 1. The van der Waals surface area contributed by atoms with E-state index in [0.29, 0.717) is 11.1 Å². The van der Waals surface area contributed by atoms with Gasteiger partial charge in [-0.25, -0.2) is 4.79 Å². The summed E-state index contributed by atoms with van der Waals surface area (Å²) in [5.74, 6) is 1.97. The molecule has 0 aliphatic rings. The summed E-state index contributed by atoms with van der Waals surface area (Å²) < 4.78 is 47.1. The van der Waals surface area contributed by atoms with E-state index in [-0.39, 0.29) is 17.3 Å². The van der Waals surface area contributed by atoms with Crippen LogP contribution in [0.4, 0.5) is 13.2 Å². The molecule has 1 aromatic heterocycles. The van der Waals surface area contributed by atoms with Gasteiger partial charge in [-0.2, -0.15) is 22.5 Å². The maximum absolute atomic E-state index is 13.2. The topological polar surface area (TPSA) is 61.9 Å². The first kappa shape index (κ1) is 19.5. The fourth-order valence-corrected chi connectivity index (χ4v) is 2.69. The third-order valence-electron chi connectivity index (χ3n) is 3.88. The Bertz CT molecular complexity index is 1130. The Kier molecular flexibility index (Phi) is 5.16. The highest BCUT2D eigenvalue weighted by Crippen LogP contribution is 2.38. The van der Waals surface area contributed by atoms with Gasteiger partial charge in [-0.1, -0.05) is 23.6 Å². The number of hydrogen-bond donors (Lipinski definition) is 0. The molecule has 0 aliphatic carbocycles. The van der Waals surface area contributed by atoms with Crippen molar-refractivity contribution >= 4 is 11.6 Å². The zero-order valence-corrected chi connectivity index (χ0v) is 15.1. The molecule has 0 saturated heterocycles. The van der Waals surface area contributed by atoms with Crippen molar-refractivity contribution < 1.29 is 17.9 Å². The largest absolute Gasteiger partial charge is 0.488 e. The van der Waals surface area contributed by atoms with Gasteiger partial charge in [-0.15, -0.1) is 6.42 Å². The quantitative estimate of drug-likeness (QED) is 0.622. The van der Waals surface area contributed by atoms with E-state index in [9.17, 15) is 18.0 Å². The molecule has 6 nitrogen and oxygen atoms in total. The summed E-state index contributed by atoms with van der Waals surface area (Å²) >= 11 is 5.81. The lowest BCUT2D eigenvalue weighted by Gasteiger charge is -2.16. The highest BCUT2D eigenvalue weighted by molar-refractivity contribution is 6.30. The maximum Gasteiger partial charge on any atom is 0.419 e. The average molecular weight is 409 g/mol. The first-order valence-electron chi connectivity index (χ1n) is 7.80. The predicted molar refractivity (Wildman–Crippen MR) is 95.3 cm³/mol. The van der Waals surface area contributed by atoms with Gasteiger partial charge in [0.15, 0.2) is 0 Å². The summed E-state index contributed by atoms with van der Waals surface area (Å²) in [7, 11) is 1.41. The van der Waals surface area contributed by atoms with Crippen molar-refractivity contribution in [3.8, 4) is 23.8 Å². The molecule has 0 spiro atoms. The van der Waals surface area contributed by atoms with Gasteiger partial charge < -0.3 is 4.74 Å². The lowest BCUT2D eigenvalue weighted by atomic mass is 10.1. The number of rotatable bonds is 4. The third kappa shape index (κ3) is 3.73. The van der Waals surface area contributed by atoms with E-state index in [1.165, 1.54) is 13.1 Å². The van der Waals surface area contributed by atoms with Crippen molar-refractivity contribution in [1.82, 2.24) is 19.8 Å². The van der Waals surface area contributed by atoms with Crippen LogP contribution in [0.3, 0.4) is 0 Å². The molecule has 144 valence electrons. The van der Waals surface area contributed by atoms with Gasteiger partial charge >= 0.3 is 11.9 Å². The summed E-state index contributed by atoms with van der Waals surface area (Å²) in [6.45, 7) is -0.345. The Morgan fingerprint density at radius 1 is 1.25 bits per heavy atom. The number of benzene rings is 2. The van der Waals surface area contributed by atoms with Gasteiger partial charge in [0, 0.05) is 23.2 Å². The SMILES string of the molecule is C#Cc1cccc(-n2nnn(C)c2=O)c1COc1cc(Cl)ccc1C(F)(F)F. The number of alkyl halides is 3. The normalized spacial score (nSPS) is 11.3. The summed E-state index contributed by atoms with van der Waals surface area (Å²) in [4.78, 5) is 12.2. The standard InChI is InChI=1S/C18H12ClF3N4O2/c1-3-11-5-4-6-15(26-17(27)25(2)23-24-26)13(11)10-28-16-9-12(19)7-8-14(16)18(20,21)22/h1,4-9H,10H2,2H3. The van der Waals surface area contributed by atoms with E-state index in [4.69, 9.17) is 22.8 Å². The minimum atomic E-state index is -4.63. The third-order valence-corrected chi connectivity index (χ3v) is 4.11. The smallest absolute Gasteiger partial charge is 0.419 e. The van der Waals surface area contributed by atoms with Crippen LogP contribution in [-0.2, 0) is 19.8 Å². The van der Waals surface area contributed by atoms with Crippen molar-refractivity contribution in [3.63, 3.8) is 0 Å². The van der Waals surface area contributed by atoms with Crippen molar-refractivity contribution in [2.75, 3.05) is 0 Å². The number of halogens is 4. The summed E-state index contributed by atoms with van der Waals surface area (Å²) in [6.07, 6.45) is 0.869. The highest BCUT2D eigenvalue weighted by Gasteiger charge is 2.34. The molecule has 28 heavy (non-hydrogen) atoms. The van der Waals surface area contributed by atoms with Gasteiger partial charge in [-0.05, 0) is 40.8 Å². The van der Waals surface area contributed by atoms with E-state index in [0.717, 1.165) is 27.6 Å². The first-order chi connectivity index (χ1) is 13.2. The molecule has 3 rings (SSSR count). The Balaban J connectivity index is 2.05. The fourth-order valence-electron chi connectivity index (χ4n) is 2.52. The monoisotopic (exact) mass is 408 g/mol. The summed E-state index contributed by atoms with van der Waals surface area (Å²) in [6, 6.07) is 7.73. The second-order valence-electron chi connectivity index (χ2n) is 5.67. The zero-order valence-electron chi connectivity index (χ0n) is 14.4. The van der Waals surface area contributed by atoms with Crippen molar-refractivity contribution in [2.24, 2.45) is 7.05 Å². The highest BCUT2D eigenvalue weighted by atomic mass is 35.5. The van der Waals surface area contributed by atoms with E-state index >= 15 is 0 Å². The first-order valence-corrected chi connectivity index (χ1v) is 8.17. The molecule has 2 aromatic carbocycles. The lowest BCUT2D eigenvalue weighted by molar-refractivity contribution is -0.139. The molecule has 0 radical (unpaired) electrons. The number of ether oxygens (including phenoxy) is 1. The van der Waals surface area contributed by atoms with Crippen molar-refractivity contribution in [3.05, 3.63) is 68.6 Å². The van der Waals surface area contributed by atoms with E-state index in [1.54, 1.807) is 12.1 Å². The van der Waals surface area contributed by atoms with E-state index in [2.05, 4.69) is 16.3 Å². The molecule has 0 bridgehead atoms. The molecule has 0 atom stereocenters. The summed E-state index contributed by atoms with van der Waals surface area (Å²) in [5, 5.41) is 7.45. The molecule has 0 saturated carbocycles. The number of terminal acetylenes is 1. The summed E-state index contributed by atoms with van der Waals surface area (Å²) in [5.41, 5.74) is -0.627. The van der Waals surface area contributed by atoms with Crippen LogP contribution in [0.5, 0.6) is 5.75 Å². The number of aryl methyl sites for hydroxylation is 1. The Morgan fingerprint density at radius 3 is 2.61 bits per heavy atom. The molecular formula is C18H12ClF3N4O2. The molecule has 1 heterocycles. The number of aromatic nitrogens is 4. The maximum atomic E-state index is 13.2. The van der Waals surface area contributed by atoms with Crippen LogP contribution < -0.4 is 10.4 Å². The van der Waals surface area contributed by atoms with E-state index in [1.807, 2.05) is 0 Å². The average Bonchev–Trinajstić information content (AvgIpc) is 2.97. The predicted octanol–water partition coefficient (Wildman–Crippen LogP) is 3.20. The molecule has 0 fully saturated rings. The van der Waals surface area contributed by atoms with Crippen LogP contribution in [0.25, 0.3) is 5.69 Å². The van der Waals surface area contributed by atoms with Gasteiger partial charge in [0.2, 0.25) is 0 Å². The van der Waals surface area contributed by atoms with Crippen LogP contribution in [0.1, 0.15) is 16.7 Å². The Morgan fingerprint density at radius 2 is 2.00 bits per heavy atom. The van der Waals surface area contributed by atoms with Gasteiger partial charge in [-0.3, -0.25) is 0 Å². The molecular weight excluding hydrogens is 397 g/mol. The minimum absolute atomic E-state index is 0.0820. The Hall–Kier alpha value is -3.25. The van der Waals surface area contributed by atoms with Crippen molar-refractivity contribution in [1.29, 1.82) is 0 Å². The number of nitrogens with zero attached hydrogens (tertiary/aromatic N) is 4. The van der Waals surface area contributed by atoms with Crippen LogP contribution in [-0.4, -0.2) is 19.8 Å². The molecule has 10 heteroatoms. The van der Waals surface area contributed by atoms with E-state index < -0.39 is 23.2 Å². The molecule has 0 amide bonds. The van der Waals surface area contributed by atoms with Crippen LogP contribution in [0.15, 0.2) is 41.2 Å². The Labute approximate surface area is 162 Å². The van der Waals surface area contributed by atoms with Crippen LogP contribution in [0, 0.1) is 12.3 Å². The lowest BCUT2D eigenvalue weighted by Crippen LogP contribution is -2.23. The minimum Gasteiger partial charge on any atom is -0.488 e. The van der Waals surface area contributed by atoms with Crippen molar-refractivity contribution in [2.45, 2.75) is 12.8 Å². The van der Waals surface area contributed by atoms with Gasteiger partial charge in [0.05, 0.1) is 11.3 Å². The van der Waals surface area contributed by atoms with Crippen LogP contribution >= 0.6 is 11.6 Å². The molecule has 0 aliphatic heterocycles. The van der Waals surface area contributed by atoms with Gasteiger partial charge in [0.25, 0.3) is 0 Å². The molecule has 0 N–H and O–H groups in total. The second-order valence-corrected chi connectivity index (χ2v) is 6.11. The van der Waals surface area contributed by atoms with Crippen LogP contribution in [0.2, 0.25) is 5.02 Å².